The molecule has 36 heavy (non-hydrogen) atoms. The quantitative estimate of drug-likeness (QED) is 0.277. The fourth-order valence-electron chi connectivity index (χ4n) is 3.87. The van der Waals surface area contributed by atoms with Gasteiger partial charge < -0.3 is 20.1 Å². The lowest BCUT2D eigenvalue weighted by Crippen LogP contribution is -2.36. The lowest BCUT2D eigenvalue weighted by Gasteiger charge is -2.24. The minimum atomic E-state index is -0.930. The van der Waals surface area contributed by atoms with E-state index in [0.29, 0.717) is 31.7 Å². The van der Waals surface area contributed by atoms with Gasteiger partial charge in [0, 0.05) is 35.4 Å². The Balaban J connectivity index is 1.70. The molecule has 0 fully saturated rings. The fraction of sp³-hybridized carbons (Fsp3) is 0.321. The zero-order chi connectivity index (χ0) is 25.9. The number of ether oxygens (including phenoxy) is 1. The van der Waals surface area contributed by atoms with Gasteiger partial charge in [-0.05, 0) is 49.2 Å². The van der Waals surface area contributed by atoms with Gasteiger partial charge in [-0.2, -0.15) is 0 Å². The zero-order valence-corrected chi connectivity index (χ0v) is 22.2. The molecule has 0 saturated carbocycles. The summed E-state index contributed by atoms with van der Waals surface area (Å²) >= 11 is 3.56. The Morgan fingerprint density at radius 2 is 1.89 bits per heavy atom. The lowest BCUT2D eigenvalue weighted by atomic mass is 10.1. The molecule has 8 heteroatoms. The maximum atomic E-state index is 12.6. The Morgan fingerprint density at radius 1 is 1.11 bits per heavy atom. The van der Waals surface area contributed by atoms with E-state index >= 15 is 0 Å². The van der Waals surface area contributed by atoms with Crippen molar-refractivity contribution >= 4 is 33.6 Å². The maximum absolute atomic E-state index is 12.6. The van der Waals surface area contributed by atoms with Gasteiger partial charge >= 0.3 is 5.97 Å². The molecular weight excluding hydrogens is 522 g/mol. The maximum Gasteiger partial charge on any atom is 0.305 e. The van der Waals surface area contributed by atoms with Crippen LogP contribution in [0.5, 0.6) is 5.75 Å². The number of halogens is 1. The molecule has 3 aromatic rings. The first-order valence-corrected chi connectivity index (χ1v) is 12.9. The lowest BCUT2D eigenvalue weighted by molar-refractivity contribution is -0.137. The highest BCUT2D eigenvalue weighted by molar-refractivity contribution is 9.10. The Hall–Kier alpha value is -3.39. The van der Waals surface area contributed by atoms with Crippen molar-refractivity contribution in [3.8, 4) is 5.75 Å². The normalized spacial score (nSPS) is 11.5. The van der Waals surface area contributed by atoms with Crippen LogP contribution in [-0.2, 0) is 17.9 Å². The van der Waals surface area contributed by atoms with Gasteiger partial charge in [0.1, 0.15) is 18.2 Å². The molecule has 0 aliphatic rings. The third kappa shape index (κ3) is 8.09. The molecule has 0 aliphatic carbocycles. The first-order chi connectivity index (χ1) is 17.4. The molecule has 3 rings (SSSR count). The average molecular weight is 554 g/mol. The van der Waals surface area contributed by atoms with E-state index in [-0.39, 0.29) is 12.3 Å². The number of anilines is 1. The number of aliphatic carboxylic acids is 1. The molecule has 0 bridgehead atoms. The fourth-order valence-corrected chi connectivity index (χ4v) is 4.28. The van der Waals surface area contributed by atoms with Crippen LogP contribution in [0.15, 0.2) is 71.3 Å². The monoisotopic (exact) mass is 553 g/mol. The third-order valence-corrected chi connectivity index (χ3v) is 6.22. The molecule has 0 radical (unpaired) electrons. The molecule has 190 valence electrons. The molecule has 2 N–H and O–H groups in total. The van der Waals surface area contributed by atoms with Crippen LogP contribution in [0.25, 0.3) is 0 Å². The molecular formula is C28H32BrN3O4. The number of rotatable bonds is 13. The van der Waals surface area contributed by atoms with Crippen molar-refractivity contribution in [1.82, 2.24) is 10.3 Å². The molecule has 0 spiro atoms. The second-order valence-corrected chi connectivity index (χ2v) is 9.42. The van der Waals surface area contributed by atoms with Crippen molar-refractivity contribution in [2.45, 2.75) is 52.3 Å². The number of carboxylic acid groups (broad SMARTS) is 1. The first kappa shape index (κ1) is 27.2. The molecule has 0 aliphatic heterocycles. The van der Waals surface area contributed by atoms with Crippen LogP contribution in [-0.4, -0.2) is 34.6 Å². The van der Waals surface area contributed by atoms with Crippen molar-refractivity contribution in [1.29, 1.82) is 0 Å². The predicted molar refractivity (Wildman–Crippen MR) is 144 cm³/mol. The number of nitrogens with zero attached hydrogens (tertiary/aromatic N) is 2. The van der Waals surface area contributed by atoms with Gasteiger partial charge in [0.15, 0.2) is 0 Å². The van der Waals surface area contributed by atoms with Gasteiger partial charge in [0.25, 0.3) is 5.91 Å². The van der Waals surface area contributed by atoms with Crippen LogP contribution in [0.3, 0.4) is 0 Å². The summed E-state index contributed by atoms with van der Waals surface area (Å²) in [6, 6.07) is 19.1. The number of carboxylic acids is 1. The van der Waals surface area contributed by atoms with Crippen LogP contribution >= 0.6 is 15.9 Å². The smallest absolute Gasteiger partial charge is 0.305 e. The summed E-state index contributed by atoms with van der Waals surface area (Å²) in [6.45, 7) is 5.77. The number of hydrogen-bond acceptors (Lipinski definition) is 5. The van der Waals surface area contributed by atoms with Crippen LogP contribution < -0.4 is 15.0 Å². The van der Waals surface area contributed by atoms with E-state index in [1.54, 1.807) is 6.07 Å². The average Bonchev–Trinajstić information content (AvgIpc) is 2.87. The van der Waals surface area contributed by atoms with Crippen LogP contribution in [0.4, 0.5) is 5.82 Å². The molecule has 1 amide bonds. The summed E-state index contributed by atoms with van der Waals surface area (Å²) < 4.78 is 7.09. The first-order valence-electron chi connectivity index (χ1n) is 12.1. The number of amides is 1. The van der Waals surface area contributed by atoms with E-state index in [4.69, 9.17) is 9.84 Å². The number of benzene rings is 2. The van der Waals surface area contributed by atoms with Crippen molar-refractivity contribution in [3.05, 3.63) is 88.0 Å². The zero-order valence-electron chi connectivity index (χ0n) is 20.6. The molecule has 1 unspecified atom stereocenters. The summed E-state index contributed by atoms with van der Waals surface area (Å²) in [6.07, 6.45) is 2.82. The number of carbonyl (C=O) groups is 2. The van der Waals surface area contributed by atoms with Crippen molar-refractivity contribution < 1.29 is 19.4 Å². The highest BCUT2D eigenvalue weighted by Crippen LogP contribution is 2.27. The Bertz CT molecular complexity index is 1140. The van der Waals surface area contributed by atoms with E-state index in [1.165, 1.54) is 6.20 Å². The number of hydrogen-bond donors (Lipinski definition) is 2. The van der Waals surface area contributed by atoms with Crippen LogP contribution in [0, 0.1) is 0 Å². The third-order valence-electron chi connectivity index (χ3n) is 5.73. The Labute approximate surface area is 220 Å². The van der Waals surface area contributed by atoms with Gasteiger partial charge in [-0.3, -0.25) is 9.59 Å². The number of nitrogens with one attached hydrogen (secondary N) is 1. The standard InChI is InChI=1S/C28H32BrN3O4/c1-3-8-24(16-27(33)34)31-28(35)21-11-14-26(30-17-21)32(4-2)18-22-15-23(29)12-13-25(22)36-19-20-9-6-5-7-10-20/h5-7,9-15,17,24H,3-4,8,16,18-19H2,1-2H3,(H,31,35)(H,33,34). The van der Waals surface area contributed by atoms with Crippen molar-refractivity contribution in [2.75, 3.05) is 11.4 Å². The summed E-state index contributed by atoms with van der Waals surface area (Å²) in [4.78, 5) is 30.4. The SMILES string of the molecule is CCCC(CC(=O)O)NC(=O)c1ccc(N(CC)Cc2cc(Br)ccc2OCc2ccccc2)nc1. The van der Waals surface area contributed by atoms with E-state index < -0.39 is 12.0 Å². The largest absolute Gasteiger partial charge is 0.489 e. The van der Waals surface area contributed by atoms with Gasteiger partial charge in [-0.15, -0.1) is 0 Å². The van der Waals surface area contributed by atoms with Gasteiger partial charge in [-0.1, -0.05) is 59.6 Å². The number of aromatic nitrogens is 1. The Morgan fingerprint density at radius 3 is 2.53 bits per heavy atom. The molecule has 2 aromatic carbocycles. The summed E-state index contributed by atoms with van der Waals surface area (Å²) in [7, 11) is 0. The van der Waals surface area contributed by atoms with Crippen LogP contribution in [0.2, 0.25) is 0 Å². The van der Waals surface area contributed by atoms with E-state index in [1.807, 2.05) is 68.4 Å². The van der Waals surface area contributed by atoms with Gasteiger partial charge in [0.05, 0.1) is 12.0 Å². The number of carbonyl (C=O) groups excluding carboxylic acids is 1. The molecule has 7 nitrogen and oxygen atoms in total. The highest BCUT2D eigenvalue weighted by atomic mass is 79.9. The van der Waals surface area contributed by atoms with Gasteiger partial charge in [-0.25, -0.2) is 4.98 Å². The highest BCUT2D eigenvalue weighted by Gasteiger charge is 2.17. The molecule has 0 saturated heterocycles. The minimum Gasteiger partial charge on any atom is -0.489 e. The number of pyridine rings is 1. The Kier molecular flexibility index (Phi) is 10.3. The second kappa shape index (κ2) is 13.6. The summed E-state index contributed by atoms with van der Waals surface area (Å²) in [5, 5.41) is 11.9. The van der Waals surface area contributed by atoms with Gasteiger partial charge in [0.2, 0.25) is 0 Å². The van der Waals surface area contributed by atoms with E-state index in [2.05, 4.69) is 31.1 Å². The topological polar surface area (TPSA) is 91.8 Å². The van der Waals surface area contributed by atoms with E-state index in [9.17, 15) is 9.59 Å². The minimum absolute atomic E-state index is 0.101. The van der Waals surface area contributed by atoms with Crippen molar-refractivity contribution in [3.63, 3.8) is 0 Å². The predicted octanol–water partition coefficient (Wildman–Crippen LogP) is 5.82. The summed E-state index contributed by atoms with van der Waals surface area (Å²) in [5.41, 5.74) is 2.51. The molecule has 1 heterocycles. The molecule has 1 aromatic heterocycles. The van der Waals surface area contributed by atoms with E-state index in [0.717, 1.165) is 33.6 Å². The second-order valence-electron chi connectivity index (χ2n) is 8.50. The molecule has 1 atom stereocenters. The summed E-state index contributed by atoms with van der Waals surface area (Å²) in [5.74, 6) is 0.288. The van der Waals surface area contributed by atoms with Crippen molar-refractivity contribution in [2.24, 2.45) is 0 Å². The van der Waals surface area contributed by atoms with Crippen LogP contribution in [0.1, 0.15) is 54.6 Å².